The Morgan fingerprint density at radius 1 is 1.20 bits per heavy atom. The molecule has 0 atom stereocenters. The van der Waals surface area contributed by atoms with E-state index in [1.807, 2.05) is 0 Å². The second-order valence-electron chi connectivity index (χ2n) is 7.12. The van der Waals surface area contributed by atoms with Crippen molar-refractivity contribution in [2.75, 3.05) is 39.4 Å². The third-order valence-corrected chi connectivity index (χ3v) is 5.38. The van der Waals surface area contributed by atoms with Gasteiger partial charge in [0, 0.05) is 38.8 Å². The van der Waals surface area contributed by atoms with Crippen LogP contribution < -0.4 is 5.32 Å². The fraction of sp³-hybridized carbons (Fsp3) is 0.650. The fourth-order valence-corrected chi connectivity index (χ4v) is 3.48. The molecule has 1 aliphatic carbocycles. The monoisotopic (exact) mass is 361 g/mol. The van der Waals surface area contributed by atoms with Gasteiger partial charge in [0.25, 0.3) is 0 Å². The van der Waals surface area contributed by atoms with Gasteiger partial charge in [-0.05, 0) is 49.0 Å². The van der Waals surface area contributed by atoms with Crippen molar-refractivity contribution in [2.24, 2.45) is 0 Å². The number of hydrogen-bond acceptors (Lipinski definition) is 3. The van der Waals surface area contributed by atoms with Gasteiger partial charge in [-0.3, -0.25) is 4.90 Å². The number of rotatable bonds is 8. The van der Waals surface area contributed by atoms with Crippen LogP contribution in [0.3, 0.4) is 0 Å². The molecule has 1 aromatic carbocycles. The Morgan fingerprint density at radius 2 is 1.88 bits per heavy atom. The summed E-state index contributed by atoms with van der Waals surface area (Å²) >= 11 is 5.69. The molecular weight excluding hydrogens is 330 g/mol. The molecule has 0 amide bonds. The molecule has 1 N–H and O–H groups in total. The standard InChI is InChI=1S/C20H31N3OS/c1-2-17-4-6-18(7-5-17)16-23(20(25)21-19-8-9-19)11-3-10-22-12-14-24-15-13-22/h4-7,19H,2-3,8-16H2,1H3,(H,21,25). The van der Waals surface area contributed by atoms with E-state index in [1.165, 1.54) is 24.0 Å². The highest BCUT2D eigenvalue weighted by Gasteiger charge is 2.24. The van der Waals surface area contributed by atoms with Crippen LogP contribution in [-0.4, -0.2) is 60.3 Å². The molecule has 2 fully saturated rings. The summed E-state index contributed by atoms with van der Waals surface area (Å²) in [5.74, 6) is 0. The van der Waals surface area contributed by atoms with Crippen LogP contribution >= 0.6 is 12.2 Å². The molecular formula is C20H31N3OS. The molecule has 3 rings (SSSR count). The SMILES string of the molecule is CCc1ccc(CN(CCCN2CCOCC2)C(=S)NC2CC2)cc1. The first-order chi connectivity index (χ1) is 12.2. The van der Waals surface area contributed by atoms with E-state index in [2.05, 4.69) is 46.3 Å². The van der Waals surface area contributed by atoms with Crippen LogP contribution in [0.4, 0.5) is 0 Å². The Hall–Kier alpha value is -1.17. The zero-order valence-electron chi connectivity index (χ0n) is 15.4. The molecule has 0 spiro atoms. The number of hydrogen-bond donors (Lipinski definition) is 1. The fourth-order valence-electron chi connectivity index (χ4n) is 3.16. The van der Waals surface area contributed by atoms with Gasteiger partial charge in [0.05, 0.1) is 13.2 Å². The maximum atomic E-state index is 5.69. The van der Waals surface area contributed by atoms with Crippen molar-refractivity contribution < 1.29 is 4.74 Å². The minimum absolute atomic E-state index is 0.608. The minimum atomic E-state index is 0.608. The largest absolute Gasteiger partial charge is 0.379 e. The quantitative estimate of drug-likeness (QED) is 0.719. The van der Waals surface area contributed by atoms with Gasteiger partial charge in [0.15, 0.2) is 5.11 Å². The van der Waals surface area contributed by atoms with Gasteiger partial charge in [-0.15, -0.1) is 0 Å². The predicted molar refractivity (Wildman–Crippen MR) is 107 cm³/mol. The number of nitrogens with one attached hydrogen (secondary N) is 1. The maximum Gasteiger partial charge on any atom is 0.169 e. The van der Waals surface area contributed by atoms with Gasteiger partial charge in [-0.1, -0.05) is 31.2 Å². The van der Waals surface area contributed by atoms with Gasteiger partial charge in [0.2, 0.25) is 0 Å². The minimum Gasteiger partial charge on any atom is -0.379 e. The molecule has 0 radical (unpaired) electrons. The molecule has 0 aromatic heterocycles. The molecule has 1 aromatic rings. The molecule has 4 nitrogen and oxygen atoms in total. The second-order valence-corrected chi connectivity index (χ2v) is 7.51. The first kappa shape index (κ1) is 18.6. The van der Waals surface area contributed by atoms with E-state index in [0.717, 1.165) is 63.9 Å². The van der Waals surface area contributed by atoms with Crippen LogP contribution in [0.25, 0.3) is 0 Å². The van der Waals surface area contributed by atoms with Crippen molar-refractivity contribution in [3.63, 3.8) is 0 Å². The van der Waals surface area contributed by atoms with Gasteiger partial charge in [0.1, 0.15) is 0 Å². The number of morpholine rings is 1. The van der Waals surface area contributed by atoms with Crippen LogP contribution in [0.5, 0.6) is 0 Å². The molecule has 1 aliphatic heterocycles. The van der Waals surface area contributed by atoms with E-state index in [1.54, 1.807) is 0 Å². The lowest BCUT2D eigenvalue weighted by Gasteiger charge is -2.29. The van der Waals surface area contributed by atoms with Crippen molar-refractivity contribution in [1.82, 2.24) is 15.1 Å². The van der Waals surface area contributed by atoms with Gasteiger partial charge < -0.3 is 15.0 Å². The molecule has 25 heavy (non-hydrogen) atoms. The van der Waals surface area contributed by atoms with Gasteiger partial charge >= 0.3 is 0 Å². The van der Waals surface area contributed by atoms with Crippen molar-refractivity contribution in [3.05, 3.63) is 35.4 Å². The van der Waals surface area contributed by atoms with Gasteiger partial charge in [-0.2, -0.15) is 0 Å². The highest BCUT2D eigenvalue weighted by atomic mass is 32.1. The topological polar surface area (TPSA) is 27.7 Å². The van der Waals surface area contributed by atoms with E-state index in [-0.39, 0.29) is 0 Å². The third-order valence-electron chi connectivity index (χ3n) is 5.00. The first-order valence-electron chi connectivity index (χ1n) is 9.68. The molecule has 0 bridgehead atoms. The summed E-state index contributed by atoms with van der Waals surface area (Å²) in [6.45, 7) is 9.08. The molecule has 5 heteroatoms. The Balaban J connectivity index is 1.52. The summed E-state index contributed by atoms with van der Waals surface area (Å²) in [6, 6.07) is 9.56. The summed E-state index contributed by atoms with van der Waals surface area (Å²) < 4.78 is 5.43. The summed E-state index contributed by atoms with van der Waals surface area (Å²) in [5.41, 5.74) is 2.73. The normalized spacial score (nSPS) is 18.1. The number of thiocarbonyl (C=S) groups is 1. The maximum absolute atomic E-state index is 5.69. The molecule has 0 unspecified atom stereocenters. The zero-order valence-corrected chi connectivity index (χ0v) is 16.2. The molecule has 1 heterocycles. The van der Waals surface area contributed by atoms with E-state index in [9.17, 15) is 0 Å². The highest BCUT2D eigenvalue weighted by Crippen LogP contribution is 2.19. The van der Waals surface area contributed by atoms with Gasteiger partial charge in [-0.25, -0.2) is 0 Å². The summed E-state index contributed by atoms with van der Waals surface area (Å²) in [6.07, 6.45) is 4.74. The molecule has 1 saturated carbocycles. The predicted octanol–water partition coefficient (Wildman–Crippen LogP) is 2.81. The van der Waals surface area contributed by atoms with Crippen molar-refractivity contribution in [1.29, 1.82) is 0 Å². The lowest BCUT2D eigenvalue weighted by molar-refractivity contribution is 0.0367. The highest BCUT2D eigenvalue weighted by molar-refractivity contribution is 7.80. The first-order valence-corrected chi connectivity index (χ1v) is 10.1. The zero-order chi connectivity index (χ0) is 17.5. The number of ether oxygens (including phenoxy) is 1. The lowest BCUT2D eigenvalue weighted by Crippen LogP contribution is -2.42. The Labute approximate surface area is 157 Å². The number of benzene rings is 1. The van der Waals surface area contributed by atoms with Crippen LogP contribution in [0.2, 0.25) is 0 Å². The Kier molecular flexibility index (Phi) is 7.08. The van der Waals surface area contributed by atoms with E-state index in [0.29, 0.717) is 6.04 Å². The van der Waals surface area contributed by atoms with Crippen LogP contribution in [-0.2, 0) is 17.7 Å². The Bertz CT molecular complexity index is 538. The van der Waals surface area contributed by atoms with Crippen LogP contribution in [0.1, 0.15) is 37.3 Å². The second kappa shape index (κ2) is 9.51. The van der Waals surface area contributed by atoms with Crippen molar-refractivity contribution in [2.45, 2.75) is 45.2 Å². The van der Waals surface area contributed by atoms with Crippen molar-refractivity contribution >= 4 is 17.3 Å². The summed E-state index contributed by atoms with van der Waals surface area (Å²) in [7, 11) is 0. The average Bonchev–Trinajstić information content (AvgIpc) is 3.46. The van der Waals surface area contributed by atoms with Crippen LogP contribution in [0, 0.1) is 0 Å². The van der Waals surface area contributed by atoms with Crippen molar-refractivity contribution in [3.8, 4) is 0 Å². The smallest absolute Gasteiger partial charge is 0.169 e. The summed E-state index contributed by atoms with van der Waals surface area (Å²) in [5, 5.41) is 4.43. The summed E-state index contributed by atoms with van der Waals surface area (Å²) in [4.78, 5) is 4.84. The molecule has 2 aliphatic rings. The third kappa shape index (κ3) is 6.24. The number of nitrogens with zero attached hydrogens (tertiary/aromatic N) is 2. The van der Waals surface area contributed by atoms with E-state index >= 15 is 0 Å². The molecule has 138 valence electrons. The average molecular weight is 362 g/mol. The van der Waals surface area contributed by atoms with E-state index < -0.39 is 0 Å². The number of aryl methyl sites for hydroxylation is 1. The van der Waals surface area contributed by atoms with E-state index in [4.69, 9.17) is 17.0 Å². The van der Waals surface area contributed by atoms with Crippen LogP contribution in [0.15, 0.2) is 24.3 Å². The Morgan fingerprint density at radius 3 is 2.52 bits per heavy atom. The lowest BCUT2D eigenvalue weighted by atomic mass is 10.1. The molecule has 1 saturated heterocycles.